The maximum Gasteiger partial charge on any atom is 0.250 e. The lowest BCUT2D eigenvalue weighted by Crippen LogP contribution is -2.40. The molecule has 2 amide bonds. The second-order valence-electron chi connectivity index (χ2n) is 4.87. The molecule has 6 nitrogen and oxygen atoms in total. The van der Waals surface area contributed by atoms with Crippen LogP contribution in [0.15, 0.2) is 18.2 Å². The summed E-state index contributed by atoms with van der Waals surface area (Å²) in [5.41, 5.74) is 12.3. The van der Waals surface area contributed by atoms with Gasteiger partial charge < -0.3 is 21.7 Å². The summed E-state index contributed by atoms with van der Waals surface area (Å²) in [6.07, 6.45) is 0. The number of amides is 2. The van der Waals surface area contributed by atoms with Gasteiger partial charge in [-0.3, -0.25) is 9.59 Å². The van der Waals surface area contributed by atoms with Crippen molar-refractivity contribution >= 4 is 23.2 Å². The molecule has 110 valence electrons. The highest BCUT2D eigenvalue weighted by Gasteiger charge is 2.13. The van der Waals surface area contributed by atoms with Gasteiger partial charge in [0.05, 0.1) is 12.1 Å². The number of hydrogen-bond donors (Lipinski definition) is 3. The Hall–Kier alpha value is -2.24. The fourth-order valence-electron chi connectivity index (χ4n) is 1.88. The van der Waals surface area contributed by atoms with Gasteiger partial charge in [0, 0.05) is 24.0 Å². The van der Waals surface area contributed by atoms with E-state index in [4.69, 9.17) is 11.5 Å². The molecule has 0 saturated carbocycles. The summed E-state index contributed by atoms with van der Waals surface area (Å²) in [5.74, 6) is -0.647. The summed E-state index contributed by atoms with van der Waals surface area (Å²) in [7, 11) is 0. The van der Waals surface area contributed by atoms with Gasteiger partial charge >= 0.3 is 0 Å². The first-order valence-electron chi connectivity index (χ1n) is 6.58. The lowest BCUT2D eigenvalue weighted by Gasteiger charge is -2.23. The molecule has 0 aliphatic carbocycles. The molecule has 0 bridgehead atoms. The van der Waals surface area contributed by atoms with Crippen molar-refractivity contribution < 1.29 is 9.59 Å². The smallest absolute Gasteiger partial charge is 0.250 e. The molecule has 0 saturated heterocycles. The molecule has 0 aromatic heterocycles. The van der Waals surface area contributed by atoms with Crippen LogP contribution in [0.1, 0.15) is 31.1 Å². The minimum atomic E-state index is -0.577. The number of primary amides is 1. The number of nitrogens with two attached hydrogens (primary N) is 2. The predicted octanol–water partition coefficient (Wildman–Crippen LogP) is 0.719. The molecule has 6 heteroatoms. The average molecular weight is 278 g/mol. The molecule has 1 aromatic rings. The molecular weight excluding hydrogens is 256 g/mol. The maximum atomic E-state index is 11.8. The Balaban J connectivity index is 2.92. The van der Waals surface area contributed by atoms with Crippen LogP contribution in [0.2, 0.25) is 0 Å². The number of carbonyl (C=O) groups excluding carboxylic acids is 2. The molecule has 0 aliphatic heterocycles. The van der Waals surface area contributed by atoms with Gasteiger partial charge in [0.25, 0.3) is 5.91 Å². The summed E-state index contributed by atoms with van der Waals surface area (Å²) < 4.78 is 0. The first-order chi connectivity index (χ1) is 9.35. The van der Waals surface area contributed by atoms with Crippen LogP contribution in [-0.4, -0.2) is 30.9 Å². The van der Waals surface area contributed by atoms with E-state index in [2.05, 4.69) is 5.32 Å². The Morgan fingerprint density at radius 1 is 1.35 bits per heavy atom. The summed E-state index contributed by atoms with van der Waals surface area (Å²) in [6.45, 7) is 6.60. The third-order valence-electron chi connectivity index (χ3n) is 2.83. The minimum absolute atomic E-state index is 0.0701. The number of nitrogens with zero attached hydrogens (tertiary/aromatic N) is 1. The first kappa shape index (κ1) is 15.8. The lowest BCUT2D eigenvalue weighted by atomic mass is 10.1. The van der Waals surface area contributed by atoms with Crippen molar-refractivity contribution in [3.05, 3.63) is 23.8 Å². The van der Waals surface area contributed by atoms with Gasteiger partial charge in [-0.15, -0.1) is 0 Å². The van der Waals surface area contributed by atoms with Crippen molar-refractivity contribution in [3.63, 3.8) is 0 Å². The van der Waals surface area contributed by atoms with Crippen LogP contribution >= 0.6 is 0 Å². The minimum Gasteiger partial charge on any atom is -0.398 e. The molecule has 0 spiro atoms. The van der Waals surface area contributed by atoms with Crippen molar-refractivity contribution in [2.24, 2.45) is 5.73 Å². The topological polar surface area (TPSA) is 101 Å². The number of carbonyl (C=O) groups is 2. The van der Waals surface area contributed by atoms with Crippen LogP contribution in [0.4, 0.5) is 11.4 Å². The molecule has 5 N–H and O–H groups in total. The predicted molar refractivity (Wildman–Crippen MR) is 80.5 cm³/mol. The van der Waals surface area contributed by atoms with E-state index in [1.165, 1.54) is 0 Å². The van der Waals surface area contributed by atoms with E-state index in [1.807, 2.05) is 25.7 Å². The monoisotopic (exact) mass is 278 g/mol. The fraction of sp³-hybridized carbons (Fsp3) is 0.429. The molecular formula is C14H22N4O2. The number of likely N-dealkylation sites (N-methyl/N-ethyl adjacent to an activating group) is 1. The largest absolute Gasteiger partial charge is 0.398 e. The second kappa shape index (κ2) is 6.79. The van der Waals surface area contributed by atoms with Crippen molar-refractivity contribution in [1.29, 1.82) is 0 Å². The van der Waals surface area contributed by atoms with Crippen molar-refractivity contribution in [2.75, 3.05) is 23.7 Å². The number of rotatable bonds is 6. The molecule has 0 aliphatic rings. The van der Waals surface area contributed by atoms with Crippen LogP contribution < -0.4 is 21.7 Å². The van der Waals surface area contributed by atoms with E-state index in [1.54, 1.807) is 18.2 Å². The van der Waals surface area contributed by atoms with Gasteiger partial charge in [0.1, 0.15) is 0 Å². The van der Waals surface area contributed by atoms with Gasteiger partial charge in [-0.05, 0) is 39.0 Å². The molecule has 1 rings (SSSR count). The number of anilines is 2. The molecule has 1 aromatic carbocycles. The van der Waals surface area contributed by atoms with Gasteiger partial charge in [-0.1, -0.05) is 0 Å². The van der Waals surface area contributed by atoms with Crippen molar-refractivity contribution in [3.8, 4) is 0 Å². The number of benzene rings is 1. The molecule has 0 unspecified atom stereocenters. The highest BCUT2D eigenvalue weighted by Crippen LogP contribution is 2.20. The van der Waals surface area contributed by atoms with E-state index in [-0.39, 0.29) is 24.1 Å². The third-order valence-corrected chi connectivity index (χ3v) is 2.83. The molecule has 0 atom stereocenters. The third kappa shape index (κ3) is 4.15. The molecule has 20 heavy (non-hydrogen) atoms. The van der Waals surface area contributed by atoms with Crippen molar-refractivity contribution in [2.45, 2.75) is 26.8 Å². The molecule has 0 radical (unpaired) electrons. The molecule has 0 heterocycles. The zero-order valence-electron chi connectivity index (χ0n) is 12.1. The standard InChI is InChI=1S/C14H22N4O2/c1-4-18(8-13(19)17-9(2)3)10-5-6-12(15)11(7-10)14(16)20/h5-7,9H,4,8,15H2,1-3H3,(H2,16,20)(H,17,19). The van der Waals surface area contributed by atoms with Crippen LogP contribution in [0.25, 0.3) is 0 Å². The SMILES string of the molecule is CCN(CC(=O)NC(C)C)c1ccc(N)c(C(N)=O)c1. The Bertz CT molecular complexity index is 500. The number of hydrogen-bond acceptors (Lipinski definition) is 4. The Labute approximate surface area is 119 Å². The number of nitrogen functional groups attached to an aromatic ring is 1. The van der Waals surface area contributed by atoms with Gasteiger partial charge in [-0.25, -0.2) is 0 Å². The highest BCUT2D eigenvalue weighted by atomic mass is 16.2. The van der Waals surface area contributed by atoms with Gasteiger partial charge in [0.2, 0.25) is 5.91 Å². The summed E-state index contributed by atoms with van der Waals surface area (Å²) in [5, 5.41) is 2.83. The van der Waals surface area contributed by atoms with Crippen LogP contribution in [0.5, 0.6) is 0 Å². The van der Waals surface area contributed by atoms with E-state index in [9.17, 15) is 9.59 Å². The normalized spacial score (nSPS) is 10.4. The van der Waals surface area contributed by atoms with Gasteiger partial charge in [0.15, 0.2) is 0 Å². The highest BCUT2D eigenvalue weighted by molar-refractivity contribution is 5.99. The quantitative estimate of drug-likeness (QED) is 0.667. The first-order valence-corrected chi connectivity index (χ1v) is 6.58. The summed E-state index contributed by atoms with van der Waals surface area (Å²) in [6, 6.07) is 5.10. The van der Waals surface area contributed by atoms with Crippen LogP contribution in [0, 0.1) is 0 Å². The zero-order valence-corrected chi connectivity index (χ0v) is 12.1. The Kier molecular flexibility index (Phi) is 5.37. The van der Waals surface area contributed by atoms with E-state index in [0.29, 0.717) is 12.2 Å². The van der Waals surface area contributed by atoms with Crippen molar-refractivity contribution in [1.82, 2.24) is 5.32 Å². The Morgan fingerprint density at radius 3 is 2.50 bits per heavy atom. The lowest BCUT2D eigenvalue weighted by molar-refractivity contribution is -0.120. The fourth-order valence-corrected chi connectivity index (χ4v) is 1.88. The maximum absolute atomic E-state index is 11.8. The van der Waals surface area contributed by atoms with E-state index >= 15 is 0 Å². The second-order valence-corrected chi connectivity index (χ2v) is 4.87. The van der Waals surface area contributed by atoms with E-state index < -0.39 is 5.91 Å². The van der Waals surface area contributed by atoms with Gasteiger partial charge in [-0.2, -0.15) is 0 Å². The van der Waals surface area contributed by atoms with Crippen LogP contribution in [-0.2, 0) is 4.79 Å². The zero-order chi connectivity index (χ0) is 15.3. The van der Waals surface area contributed by atoms with E-state index in [0.717, 1.165) is 5.69 Å². The summed E-state index contributed by atoms with van der Waals surface area (Å²) >= 11 is 0. The number of nitrogens with one attached hydrogen (secondary N) is 1. The summed E-state index contributed by atoms with van der Waals surface area (Å²) in [4.78, 5) is 25.0. The average Bonchev–Trinajstić information content (AvgIpc) is 2.35. The molecule has 0 fully saturated rings. The Morgan fingerprint density at radius 2 is 2.00 bits per heavy atom. The van der Waals surface area contributed by atoms with Crippen LogP contribution in [0.3, 0.4) is 0 Å².